The van der Waals surface area contributed by atoms with Crippen LogP contribution >= 0.6 is 0 Å². The monoisotopic (exact) mass is 445 g/mol. The summed E-state index contributed by atoms with van der Waals surface area (Å²) in [6.45, 7) is 5.01. The highest BCUT2D eigenvalue weighted by molar-refractivity contribution is 5.94. The molecule has 3 heterocycles. The minimum atomic E-state index is -0.489. The lowest BCUT2D eigenvalue weighted by molar-refractivity contribution is -0.123. The molecule has 1 fully saturated rings. The Hall–Kier alpha value is -3.65. The molecule has 3 aromatic rings. The van der Waals surface area contributed by atoms with E-state index in [2.05, 4.69) is 25.5 Å². The van der Waals surface area contributed by atoms with Crippen molar-refractivity contribution in [3.05, 3.63) is 65.9 Å². The molecule has 170 valence electrons. The van der Waals surface area contributed by atoms with Gasteiger partial charge < -0.3 is 25.0 Å². The zero-order valence-electron chi connectivity index (χ0n) is 18.6. The van der Waals surface area contributed by atoms with E-state index >= 15 is 0 Å². The molecule has 1 aromatic heterocycles. The lowest BCUT2D eigenvalue weighted by atomic mass is 10.0. The van der Waals surface area contributed by atoms with Crippen LogP contribution in [0.5, 0.6) is 5.75 Å². The maximum absolute atomic E-state index is 12.7. The first-order chi connectivity index (χ1) is 16.1. The van der Waals surface area contributed by atoms with Gasteiger partial charge in [-0.15, -0.1) is 0 Å². The number of aryl methyl sites for hydroxylation is 2. The minimum Gasteiger partial charge on any atom is -0.480 e. The first-order valence-corrected chi connectivity index (χ1v) is 11.2. The van der Waals surface area contributed by atoms with Gasteiger partial charge in [0.25, 0.3) is 5.91 Å². The third kappa shape index (κ3) is 5.06. The molecule has 1 saturated heterocycles. The Kier molecular flexibility index (Phi) is 6.08. The van der Waals surface area contributed by atoms with Gasteiger partial charge in [-0.2, -0.15) is 4.98 Å². The number of nitrogens with zero attached hydrogens (tertiary/aromatic N) is 3. The predicted molar refractivity (Wildman–Crippen MR) is 127 cm³/mol. The van der Waals surface area contributed by atoms with E-state index in [9.17, 15) is 4.79 Å². The van der Waals surface area contributed by atoms with E-state index in [1.54, 1.807) is 0 Å². The normalized spacial score (nSPS) is 17.6. The van der Waals surface area contributed by atoms with Crippen LogP contribution in [0.25, 0.3) is 0 Å². The molecular formula is C25H27N5O3. The van der Waals surface area contributed by atoms with Crippen LogP contribution in [-0.2, 0) is 16.0 Å². The van der Waals surface area contributed by atoms with Gasteiger partial charge in [0.2, 0.25) is 5.95 Å². The summed E-state index contributed by atoms with van der Waals surface area (Å²) in [5.74, 6) is 2.09. The van der Waals surface area contributed by atoms with Crippen molar-refractivity contribution in [1.82, 2.24) is 9.97 Å². The fraction of sp³-hybridized carbons (Fsp3) is 0.320. The number of rotatable bonds is 5. The molecule has 2 aromatic carbocycles. The average Bonchev–Trinajstić information content (AvgIpc) is 2.85. The number of aromatic nitrogens is 2. The maximum atomic E-state index is 12.7. The quantitative estimate of drug-likeness (QED) is 0.619. The fourth-order valence-electron chi connectivity index (χ4n) is 4.06. The van der Waals surface area contributed by atoms with Crippen LogP contribution in [-0.4, -0.2) is 48.3 Å². The molecule has 1 amide bonds. The first kappa shape index (κ1) is 21.2. The van der Waals surface area contributed by atoms with Gasteiger partial charge in [0.05, 0.1) is 13.2 Å². The number of benzene rings is 2. The number of carbonyl (C=O) groups is 1. The standard InChI is InChI=1S/C25H27N5O3/c1-17-16-23(30-12-14-32-15-13-30)29-25(26-17)28-20-9-7-19(8-10-20)27-24(31)22-11-6-18-4-2-3-5-21(18)33-22/h2-5,7-10,16,22H,6,11-15H2,1H3,(H,27,31)(H,26,28,29)/t22-/m0/s1. The largest absolute Gasteiger partial charge is 0.480 e. The van der Waals surface area contributed by atoms with Crippen molar-refractivity contribution in [1.29, 1.82) is 0 Å². The molecule has 0 spiro atoms. The third-order valence-corrected chi connectivity index (χ3v) is 5.79. The Labute approximate surface area is 193 Å². The molecule has 0 radical (unpaired) electrons. The van der Waals surface area contributed by atoms with Crippen molar-refractivity contribution in [3.63, 3.8) is 0 Å². The summed E-state index contributed by atoms with van der Waals surface area (Å²) in [5.41, 5.74) is 3.60. The Balaban J connectivity index is 1.21. The number of ether oxygens (including phenoxy) is 2. The van der Waals surface area contributed by atoms with Crippen LogP contribution in [0.2, 0.25) is 0 Å². The van der Waals surface area contributed by atoms with Crippen LogP contribution in [0.15, 0.2) is 54.6 Å². The van der Waals surface area contributed by atoms with Crippen molar-refractivity contribution < 1.29 is 14.3 Å². The van der Waals surface area contributed by atoms with E-state index in [0.717, 1.165) is 48.0 Å². The van der Waals surface area contributed by atoms with Gasteiger partial charge in [0.15, 0.2) is 6.10 Å². The Morgan fingerprint density at radius 2 is 1.79 bits per heavy atom. The molecule has 0 aliphatic carbocycles. The number of para-hydroxylation sites is 1. The molecule has 1 atom stereocenters. The summed E-state index contributed by atoms with van der Waals surface area (Å²) < 4.78 is 11.3. The molecule has 5 rings (SSSR count). The summed E-state index contributed by atoms with van der Waals surface area (Å²) in [6.07, 6.45) is 1.01. The Bertz CT molecular complexity index is 1130. The smallest absolute Gasteiger partial charge is 0.265 e. The highest BCUT2D eigenvalue weighted by Crippen LogP contribution is 2.28. The van der Waals surface area contributed by atoms with Crippen molar-refractivity contribution in [2.24, 2.45) is 0 Å². The lowest BCUT2D eigenvalue weighted by Gasteiger charge is -2.28. The number of amides is 1. The maximum Gasteiger partial charge on any atom is 0.265 e. The van der Waals surface area contributed by atoms with E-state index in [-0.39, 0.29) is 5.91 Å². The number of hydrogen-bond donors (Lipinski definition) is 2. The van der Waals surface area contributed by atoms with Crippen LogP contribution < -0.4 is 20.3 Å². The second-order valence-corrected chi connectivity index (χ2v) is 8.24. The van der Waals surface area contributed by atoms with Crippen molar-refractivity contribution >= 4 is 29.0 Å². The lowest BCUT2D eigenvalue weighted by Crippen LogP contribution is -2.36. The number of anilines is 4. The van der Waals surface area contributed by atoms with Gasteiger partial charge >= 0.3 is 0 Å². The zero-order valence-corrected chi connectivity index (χ0v) is 18.6. The van der Waals surface area contributed by atoms with Gasteiger partial charge in [-0.1, -0.05) is 18.2 Å². The van der Waals surface area contributed by atoms with Gasteiger partial charge in [-0.05, 0) is 55.7 Å². The van der Waals surface area contributed by atoms with Gasteiger partial charge in [-0.3, -0.25) is 4.79 Å². The number of carbonyl (C=O) groups excluding carboxylic acids is 1. The van der Waals surface area contributed by atoms with Crippen LogP contribution in [0, 0.1) is 6.92 Å². The topological polar surface area (TPSA) is 88.6 Å². The number of morpholine rings is 1. The highest BCUT2D eigenvalue weighted by Gasteiger charge is 2.25. The first-order valence-electron chi connectivity index (χ1n) is 11.2. The SMILES string of the molecule is Cc1cc(N2CCOCC2)nc(Nc2ccc(NC(=O)[C@@H]3CCc4ccccc4O3)cc2)n1. The van der Waals surface area contributed by atoms with Gasteiger partial charge in [-0.25, -0.2) is 4.98 Å². The summed E-state index contributed by atoms with van der Waals surface area (Å²) in [5, 5.41) is 6.21. The highest BCUT2D eigenvalue weighted by atomic mass is 16.5. The van der Waals surface area contributed by atoms with E-state index in [0.29, 0.717) is 31.3 Å². The minimum absolute atomic E-state index is 0.137. The van der Waals surface area contributed by atoms with E-state index in [4.69, 9.17) is 9.47 Å². The fourth-order valence-corrected chi connectivity index (χ4v) is 4.06. The molecule has 2 N–H and O–H groups in total. The molecule has 0 saturated carbocycles. The predicted octanol–water partition coefficient (Wildman–Crippen LogP) is 3.70. The Morgan fingerprint density at radius 1 is 1.03 bits per heavy atom. The molecule has 0 unspecified atom stereocenters. The van der Waals surface area contributed by atoms with E-state index in [1.165, 1.54) is 0 Å². The summed E-state index contributed by atoms with van der Waals surface area (Å²) in [6, 6.07) is 17.4. The molecule has 2 aliphatic heterocycles. The van der Waals surface area contributed by atoms with Crippen LogP contribution in [0.3, 0.4) is 0 Å². The number of nitrogens with one attached hydrogen (secondary N) is 2. The second-order valence-electron chi connectivity index (χ2n) is 8.24. The summed E-state index contributed by atoms with van der Waals surface area (Å²) >= 11 is 0. The van der Waals surface area contributed by atoms with Crippen molar-refractivity contribution in [3.8, 4) is 5.75 Å². The molecular weight excluding hydrogens is 418 g/mol. The van der Waals surface area contributed by atoms with Gasteiger partial charge in [0.1, 0.15) is 11.6 Å². The van der Waals surface area contributed by atoms with Crippen molar-refractivity contribution in [2.75, 3.05) is 41.8 Å². The summed E-state index contributed by atoms with van der Waals surface area (Å²) in [7, 11) is 0. The molecule has 33 heavy (non-hydrogen) atoms. The van der Waals surface area contributed by atoms with E-state index < -0.39 is 6.10 Å². The number of hydrogen-bond acceptors (Lipinski definition) is 7. The van der Waals surface area contributed by atoms with E-state index in [1.807, 2.05) is 61.5 Å². The molecule has 8 heteroatoms. The second kappa shape index (κ2) is 9.46. The van der Waals surface area contributed by atoms with Crippen LogP contribution in [0.1, 0.15) is 17.7 Å². The zero-order chi connectivity index (χ0) is 22.6. The molecule has 8 nitrogen and oxygen atoms in total. The number of fused-ring (bicyclic) bond motifs is 1. The molecule has 2 aliphatic rings. The van der Waals surface area contributed by atoms with Crippen molar-refractivity contribution in [2.45, 2.75) is 25.9 Å². The van der Waals surface area contributed by atoms with Crippen LogP contribution in [0.4, 0.5) is 23.1 Å². The summed E-state index contributed by atoms with van der Waals surface area (Å²) in [4.78, 5) is 24.1. The average molecular weight is 446 g/mol. The Morgan fingerprint density at radius 3 is 2.61 bits per heavy atom. The third-order valence-electron chi connectivity index (χ3n) is 5.79. The van der Waals surface area contributed by atoms with Gasteiger partial charge in [0, 0.05) is 36.2 Å². The molecule has 0 bridgehead atoms.